The van der Waals surface area contributed by atoms with Gasteiger partial charge in [-0.3, -0.25) is 0 Å². The van der Waals surface area contributed by atoms with Crippen LogP contribution in [0.2, 0.25) is 0 Å². The molecule has 4 heteroatoms. The normalized spacial score (nSPS) is 10.0. The van der Waals surface area contributed by atoms with Crippen LogP contribution in [-0.2, 0) is 0 Å². The van der Waals surface area contributed by atoms with Crippen LogP contribution in [0.1, 0.15) is 22.3 Å². The first-order chi connectivity index (χ1) is 7.15. The van der Waals surface area contributed by atoms with Crippen LogP contribution >= 0.6 is 0 Å². The first-order valence-electron chi connectivity index (χ1n) is 4.82. The molecule has 0 atom stereocenters. The van der Waals surface area contributed by atoms with Crippen LogP contribution in [-0.4, -0.2) is 24.2 Å². The van der Waals surface area contributed by atoms with Gasteiger partial charge in [-0.15, -0.1) is 0 Å². The number of ether oxygens (including phenoxy) is 1. The summed E-state index contributed by atoms with van der Waals surface area (Å²) in [4.78, 5) is 10.7. The number of carbonyl (C=O) groups is 1. The lowest BCUT2D eigenvalue weighted by atomic mass is 10.1. The molecule has 0 saturated carbocycles. The molecule has 0 radical (unpaired) electrons. The molecule has 3 N–H and O–H groups in total. The largest absolute Gasteiger partial charge is 0.493 e. The number of rotatable bonds is 5. The molecule has 0 unspecified atom stereocenters. The van der Waals surface area contributed by atoms with Crippen LogP contribution in [0, 0.1) is 6.92 Å². The second kappa shape index (κ2) is 5.36. The molecule has 15 heavy (non-hydrogen) atoms. The summed E-state index contributed by atoms with van der Waals surface area (Å²) in [5.41, 5.74) is 6.50. The molecule has 0 amide bonds. The molecule has 1 aromatic carbocycles. The first-order valence-corrected chi connectivity index (χ1v) is 4.82. The Morgan fingerprint density at radius 3 is 2.87 bits per heavy atom. The Balaban J connectivity index is 2.76. The summed E-state index contributed by atoms with van der Waals surface area (Å²) < 4.78 is 5.42. The van der Waals surface area contributed by atoms with E-state index in [1.165, 1.54) is 6.07 Å². The summed E-state index contributed by atoms with van der Waals surface area (Å²) >= 11 is 0. The lowest BCUT2D eigenvalue weighted by Crippen LogP contribution is -2.07. The van der Waals surface area contributed by atoms with Gasteiger partial charge in [0.1, 0.15) is 5.75 Å². The minimum Gasteiger partial charge on any atom is -0.493 e. The third-order valence-electron chi connectivity index (χ3n) is 2.04. The first kappa shape index (κ1) is 11.5. The highest BCUT2D eigenvalue weighted by Crippen LogP contribution is 2.19. The number of hydrogen-bond donors (Lipinski definition) is 2. The van der Waals surface area contributed by atoms with E-state index in [-0.39, 0.29) is 5.56 Å². The maximum Gasteiger partial charge on any atom is 0.335 e. The highest BCUT2D eigenvalue weighted by molar-refractivity contribution is 5.88. The highest BCUT2D eigenvalue weighted by atomic mass is 16.5. The van der Waals surface area contributed by atoms with Crippen LogP contribution in [0.25, 0.3) is 0 Å². The number of nitrogens with two attached hydrogens (primary N) is 1. The van der Waals surface area contributed by atoms with Gasteiger partial charge in [-0.25, -0.2) is 4.79 Å². The van der Waals surface area contributed by atoms with Gasteiger partial charge >= 0.3 is 5.97 Å². The zero-order valence-corrected chi connectivity index (χ0v) is 8.69. The van der Waals surface area contributed by atoms with Gasteiger partial charge in [0.25, 0.3) is 0 Å². The van der Waals surface area contributed by atoms with Crippen molar-refractivity contribution >= 4 is 5.97 Å². The Morgan fingerprint density at radius 1 is 1.53 bits per heavy atom. The zero-order chi connectivity index (χ0) is 11.3. The predicted molar refractivity (Wildman–Crippen MR) is 57.3 cm³/mol. The molecule has 1 aromatic rings. The Kier molecular flexibility index (Phi) is 4.12. The van der Waals surface area contributed by atoms with Crippen LogP contribution < -0.4 is 10.5 Å². The van der Waals surface area contributed by atoms with E-state index in [0.29, 0.717) is 18.9 Å². The van der Waals surface area contributed by atoms with Crippen molar-refractivity contribution in [3.8, 4) is 5.75 Å². The molecule has 4 nitrogen and oxygen atoms in total. The fourth-order valence-corrected chi connectivity index (χ4v) is 1.15. The number of carboxylic acids is 1. The molecule has 0 aromatic heterocycles. The average molecular weight is 209 g/mol. The van der Waals surface area contributed by atoms with Crippen LogP contribution in [0.4, 0.5) is 0 Å². The number of benzene rings is 1. The SMILES string of the molecule is Cc1ccc(C(=O)O)cc1OCCCN. The van der Waals surface area contributed by atoms with Crippen LogP contribution in [0.5, 0.6) is 5.75 Å². The molecule has 0 fully saturated rings. The molecule has 0 heterocycles. The summed E-state index contributed by atoms with van der Waals surface area (Å²) in [6.45, 7) is 2.96. The number of aromatic carboxylic acids is 1. The molecule has 0 aliphatic rings. The highest BCUT2D eigenvalue weighted by Gasteiger charge is 2.06. The molecule has 0 saturated heterocycles. The topological polar surface area (TPSA) is 72.5 Å². The molecule has 0 aliphatic carbocycles. The molecule has 0 bridgehead atoms. The molecule has 0 aliphatic heterocycles. The number of hydrogen-bond acceptors (Lipinski definition) is 3. The quantitative estimate of drug-likeness (QED) is 0.719. The maximum absolute atomic E-state index is 10.7. The summed E-state index contributed by atoms with van der Waals surface area (Å²) in [6, 6.07) is 4.84. The average Bonchev–Trinajstić information content (AvgIpc) is 2.20. The second-order valence-corrected chi connectivity index (χ2v) is 3.28. The molecular weight excluding hydrogens is 194 g/mol. The summed E-state index contributed by atoms with van der Waals surface area (Å²) in [5, 5.41) is 8.80. The third kappa shape index (κ3) is 3.25. The van der Waals surface area contributed by atoms with Crippen molar-refractivity contribution in [2.75, 3.05) is 13.2 Å². The lowest BCUT2D eigenvalue weighted by Gasteiger charge is -2.09. The maximum atomic E-state index is 10.7. The van der Waals surface area contributed by atoms with Gasteiger partial charge in [-0.1, -0.05) is 6.07 Å². The lowest BCUT2D eigenvalue weighted by molar-refractivity contribution is 0.0696. The van der Waals surface area contributed by atoms with Crippen molar-refractivity contribution in [3.05, 3.63) is 29.3 Å². The van der Waals surface area contributed by atoms with Gasteiger partial charge in [-0.2, -0.15) is 0 Å². The van der Waals surface area contributed by atoms with Crippen LogP contribution in [0.3, 0.4) is 0 Å². The summed E-state index contributed by atoms with van der Waals surface area (Å²) in [7, 11) is 0. The van der Waals surface area contributed by atoms with E-state index in [2.05, 4.69) is 0 Å². The van der Waals surface area contributed by atoms with Crippen molar-refractivity contribution in [2.24, 2.45) is 5.73 Å². The fourth-order valence-electron chi connectivity index (χ4n) is 1.15. The van der Waals surface area contributed by atoms with Crippen molar-refractivity contribution in [1.29, 1.82) is 0 Å². The standard InChI is InChI=1S/C11H15NO3/c1-8-3-4-9(11(13)14)7-10(8)15-6-2-5-12/h3-4,7H,2,5-6,12H2,1H3,(H,13,14). The Morgan fingerprint density at radius 2 is 2.27 bits per heavy atom. The minimum absolute atomic E-state index is 0.239. The smallest absolute Gasteiger partial charge is 0.335 e. The van der Waals surface area contributed by atoms with Gasteiger partial charge in [0.2, 0.25) is 0 Å². The fraction of sp³-hybridized carbons (Fsp3) is 0.364. The zero-order valence-electron chi connectivity index (χ0n) is 8.69. The van der Waals surface area contributed by atoms with Crippen molar-refractivity contribution in [3.63, 3.8) is 0 Å². The third-order valence-corrected chi connectivity index (χ3v) is 2.04. The molecular formula is C11H15NO3. The number of carboxylic acid groups (broad SMARTS) is 1. The van der Waals surface area contributed by atoms with Gasteiger partial charge in [0.05, 0.1) is 12.2 Å². The van der Waals surface area contributed by atoms with E-state index < -0.39 is 5.97 Å². The van der Waals surface area contributed by atoms with Crippen LogP contribution in [0.15, 0.2) is 18.2 Å². The van der Waals surface area contributed by atoms with Crippen molar-refractivity contribution in [1.82, 2.24) is 0 Å². The van der Waals surface area contributed by atoms with Crippen molar-refractivity contribution < 1.29 is 14.6 Å². The van der Waals surface area contributed by atoms with Gasteiger partial charge in [0, 0.05) is 0 Å². The van der Waals surface area contributed by atoms with E-state index in [9.17, 15) is 4.79 Å². The van der Waals surface area contributed by atoms with E-state index in [1.807, 2.05) is 6.92 Å². The number of aryl methyl sites for hydroxylation is 1. The van der Waals surface area contributed by atoms with Crippen molar-refractivity contribution in [2.45, 2.75) is 13.3 Å². The monoisotopic (exact) mass is 209 g/mol. The van der Waals surface area contributed by atoms with E-state index in [0.717, 1.165) is 12.0 Å². The Bertz CT molecular complexity index is 350. The van der Waals surface area contributed by atoms with Gasteiger partial charge in [-0.05, 0) is 37.6 Å². The minimum atomic E-state index is -0.946. The summed E-state index contributed by atoms with van der Waals surface area (Å²) in [6.07, 6.45) is 0.761. The van der Waals surface area contributed by atoms with E-state index in [4.69, 9.17) is 15.6 Å². The van der Waals surface area contributed by atoms with Gasteiger partial charge in [0.15, 0.2) is 0 Å². The summed E-state index contributed by atoms with van der Waals surface area (Å²) in [5.74, 6) is -0.331. The van der Waals surface area contributed by atoms with E-state index in [1.54, 1.807) is 12.1 Å². The predicted octanol–water partition coefficient (Wildman–Crippen LogP) is 1.42. The Hall–Kier alpha value is -1.55. The molecule has 0 spiro atoms. The second-order valence-electron chi connectivity index (χ2n) is 3.28. The molecule has 1 rings (SSSR count). The Labute approximate surface area is 88.7 Å². The van der Waals surface area contributed by atoms with E-state index >= 15 is 0 Å². The van der Waals surface area contributed by atoms with Gasteiger partial charge < -0.3 is 15.6 Å². The molecule has 82 valence electrons.